The lowest BCUT2D eigenvalue weighted by Crippen LogP contribution is -2.71. The number of ether oxygens (including phenoxy) is 1. The van der Waals surface area contributed by atoms with Gasteiger partial charge in [0, 0.05) is 4.75 Å². The molecule has 10 heteroatoms. The summed E-state index contributed by atoms with van der Waals surface area (Å²) < 4.78 is 5.02. The summed E-state index contributed by atoms with van der Waals surface area (Å²) in [5.74, 6) is -2.06. The minimum Gasteiger partial charge on any atom is -0.493 e. The molecule has 2 fully saturated rings. The number of benzene rings is 2. The van der Waals surface area contributed by atoms with Crippen molar-refractivity contribution in [2.45, 2.75) is 43.0 Å². The highest BCUT2D eigenvalue weighted by atomic mass is 32.2. The summed E-state index contributed by atoms with van der Waals surface area (Å²) in [6.45, 7) is 5.34. The molecule has 2 saturated heterocycles. The molecule has 2 aromatic carbocycles. The van der Waals surface area contributed by atoms with Crippen LogP contribution in [0.15, 0.2) is 36.4 Å². The molecule has 0 unspecified atom stereocenters. The maximum Gasteiger partial charge on any atom is 0.322 e. The number of fused-ring (bicyclic) bond motifs is 2. The molecule has 0 spiro atoms. The monoisotopic (exact) mass is 471 g/mol. The number of rotatable bonds is 7. The van der Waals surface area contributed by atoms with Gasteiger partial charge in [-0.2, -0.15) is 0 Å². The molecule has 0 saturated carbocycles. The fourth-order valence-corrected chi connectivity index (χ4v) is 6.04. The molecule has 2 aliphatic rings. The van der Waals surface area contributed by atoms with Crippen molar-refractivity contribution in [2.24, 2.45) is 0 Å². The number of nitrogens with zero attached hydrogens (tertiary/aromatic N) is 1. The zero-order valence-electron chi connectivity index (χ0n) is 18.5. The van der Waals surface area contributed by atoms with Crippen LogP contribution in [-0.4, -0.2) is 69.1 Å². The molecule has 9 nitrogen and oxygen atoms in total. The Morgan fingerprint density at radius 3 is 2.61 bits per heavy atom. The molecule has 2 aromatic rings. The molecular weight excluding hydrogens is 446 g/mol. The number of nitrogens with one attached hydrogen (secondary N) is 2. The average Bonchev–Trinajstić information content (AvgIpc) is 3.03. The van der Waals surface area contributed by atoms with Gasteiger partial charge in [0.05, 0.1) is 12.2 Å². The van der Waals surface area contributed by atoms with Crippen LogP contribution < -0.4 is 15.4 Å². The van der Waals surface area contributed by atoms with E-state index in [0.29, 0.717) is 17.9 Å². The van der Waals surface area contributed by atoms with E-state index in [4.69, 9.17) is 9.84 Å². The van der Waals surface area contributed by atoms with E-state index in [1.165, 1.54) is 16.7 Å². The number of β-lactam (4-membered cyclic amide) rings is 1. The quantitative estimate of drug-likeness (QED) is 0.524. The summed E-state index contributed by atoms with van der Waals surface area (Å²) in [4.78, 5) is 51.2. The van der Waals surface area contributed by atoms with E-state index in [2.05, 4.69) is 10.6 Å². The van der Waals surface area contributed by atoms with Crippen LogP contribution in [0.4, 0.5) is 0 Å². The lowest BCUT2D eigenvalue weighted by Gasteiger charge is -2.44. The number of thioether (sulfide) groups is 1. The molecule has 0 aromatic heterocycles. The van der Waals surface area contributed by atoms with Crippen LogP contribution in [0.2, 0.25) is 0 Å². The average molecular weight is 472 g/mol. The van der Waals surface area contributed by atoms with Crippen LogP contribution in [0.1, 0.15) is 31.1 Å². The van der Waals surface area contributed by atoms with E-state index in [1.807, 2.05) is 51.1 Å². The predicted octanol–water partition coefficient (Wildman–Crippen LogP) is 1.60. The SMILES string of the molecule is CCOc1ccc2ccccc2c1C(=O)N[C@@H]1C(=O)N2[C@@H]1SC(C)(C)[C@@H]2C(=O)NCC(=O)O. The number of amides is 3. The first-order chi connectivity index (χ1) is 15.7. The smallest absolute Gasteiger partial charge is 0.322 e. The Hall–Kier alpha value is -3.27. The fraction of sp³-hybridized carbons (Fsp3) is 0.391. The van der Waals surface area contributed by atoms with Gasteiger partial charge in [-0.05, 0) is 37.6 Å². The summed E-state index contributed by atoms with van der Waals surface area (Å²) in [6.07, 6.45) is 0. The number of carboxylic acid groups (broad SMARTS) is 1. The van der Waals surface area contributed by atoms with Crippen LogP contribution in [0.25, 0.3) is 10.8 Å². The third kappa shape index (κ3) is 3.99. The normalized spacial score (nSPS) is 22.9. The van der Waals surface area contributed by atoms with Crippen molar-refractivity contribution in [2.75, 3.05) is 13.2 Å². The number of carbonyl (C=O) groups is 4. The van der Waals surface area contributed by atoms with Gasteiger partial charge in [-0.15, -0.1) is 11.8 Å². The highest BCUT2D eigenvalue weighted by Gasteiger charge is 2.64. The van der Waals surface area contributed by atoms with Gasteiger partial charge in [0.1, 0.15) is 29.8 Å². The molecule has 174 valence electrons. The van der Waals surface area contributed by atoms with Crippen LogP contribution >= 0.6 is 11.8 Å². The molecule has 0 aliphatic carbocycles. The Kier molecular flexibility index (Phi) is 5.96. The third-order valence-electron chi connectivity index (χ3n) is 5.81. The summed E-state index contributed by atoms with van der Waals surface area (Å²) in [5.41, 5.74) is 0.360. The van der Waals surface area contributed by atoms with Gasteiger partial charge in [0.15, 0.2) is 0 Å². The van der Waals surface area contributed by atoms with E-state index in [-0.39, 0.29) is 5.91 Å². The Labute approximate surface area is 194 Å². The molecule has 2 heterocycles. The van der Waals surface area contributed by atoms with Crippen molar-refractivity contribution in [1.82, 2.24) is 15.5 Å². The summed E-state index contributed by atoms with van der Waals surface area (Å²) in [7, 11) is 0. The van der Waals surface area contributed by atoms with E-state index < -0.39 is 46.5 Å². The lowest BCUT2D eigenvalue weighted by atomic mass is 9.94. The second-order valence-electron chi connectivity index (χ2n) is 8.42. The maximum absolute atomic E-state index is 13.3. The van der Waals surface area contributed by atoms with Crippen molar-refractivity contribution in [3.63, 3.8) is 0 Å². The van der Waals surface area contributed by atoms with E-state index >= 15 is 0 Å². The molecule has 0 bridgehead atoms. The number of aliphatic carboxylic acids is 1. The van der Waals surface area contributed by atoms with Crippen molar-refractivity contribution in [1.29, 1.82) is 0 Å². The van der Waals surface area contributed by atoms with Crippen molar-refractivity contribution in [3.8, 4) is 5.75 Å². The van der Waals surface area contributed by atoms with Gasteiger partial charge in [-0.3, -0.25) is 19.2 Å². The largest absolute Gasteiger partial charge is 0.493 e. The minimum absolute atomic E-state index is 0.360. The minimum atomic E-state index is -1.16. The zero-order valence-corrected chi connectivity index (χ0v) is 19.3. The lowest BCUT2D eigenvalue weighted by molar-refractivity contribution is -0.153. The Bertz CT molecular complexity index is 1150. The van der Waals surface area contributed by atoms with Crippen LogP contribution in [-0.2, 0) is 14.4 Å². The Balaban J connectivity index is 1.57. The third-order valence-corrected chi connectivity index (χ3v) is 7.38. The first-order valence-corrected chi connectivity index (χ1v) is 11.5. The summed E-state index contributed by atoms with van der Waals surface area (Å²) >= 11 is 1.41. The standard InChI is InChI=1S/C23H25N3O6S/c1-4-32-14-10-9-12-7-5-6-8-13(12)16(14)19(29)25-17-21(31)26-18(20(30)24-11-15(27)28)23(2,3)33-22(17)26/h5-10,17-18,22H,4,11H2,1-3H3,(H,24,30)(H,25,29)(H,27,28)/t17-,18+,22-/m1/s1. The zero-order chi connectivity index (χ0) is 23.9. The molecule has 0 radical (unpaired) electrons. The van der Waals surface area contributed by atoms with Crippen molar-refractivity contribution in [3.05, 3.63) is 42.0 Å². The first-order valence-electron chi connectivity index (χ1n) is 10.6. The Morgan fingerprint density at radius 2 is 1.91 bits per heavy atom. The molecule has 3 atom stereocenters. The van der Waals surface area contributed by atoms with Gasteiger partial charge in [-0.1, -0.05) is 30.3 Å². The van der Waals surface area contributed by atoms with Gasteiger partial charge < -0.3 is 25.4 Å². The molecule has 3 amide bonds. The van der Waals surface area contributed by atoms with Gasteiger partial charge in [0.2, 0.25) is 11.8 Å². The van der Waals surface area contributed by atoms with Crippen LogP contribution in [0.3, 0.4) is 0 Å². The molecule has 4 rings (SSSR count). The van der Waals surface area contributed by atoms with Crippen LogP contribution in [0.5, 0.6) is 5.75 Å². The van der Waals surface area contributed by atoms with E-state index in [9.17, 15) is 19.2 Å². The second kappa shape index (κ2) is 8.58. The molecule has 3 N–H and O–H groups in total. The van der Waals surface area contributed by atoms with Crippen molar-refractivity contribution < 1.29 is 29.0 Å². The van der Waals surface area contributed by atoms with Crippen LogP contribution in [0, 0.1) is 0 Å². The van der Waals surface area contributed by atoms with E-state index in [0.717, 1.165) is 10.8 Å². The number of carboxylic acids is 1. The number of hydrogen-bond donors (Lipinski definition) is 3. The predicted molar refractivity (Wildman–Crippen MR) is 123 cm³/mol. The summed E-state index contributed by atoms with van der Waals surface area (Å²) in [6, 6.07) is 9.43. The fourth-order valence-electron chi connectivity index (χ4n) is 4.41. The summed E-state index contributed by atoms with van der Waals surface area (Å²) in [5, 5.41) is 15.2. The number of carbonyl (C=O) groups excluding carboxylic acids is 3. The van der Waals surface area contributed by atoms with Crippen molar-refractivity contribution >= 4 is 46.2 Å². The molecule has 2 aliphatic heterocycles. The second-order valence-corrected chi connectivity index (χ2v) is 10.2. The van der Waals surface area contributed by atoms with Gasteiger partial charge in [-0.25, -0.2) is 0 Å². The number of hydrogen-bond acceptors (Lipinski definition) is 6. The van der Waals surface area contributed by atoms with Gasteiger partial charge in [0.25, 0.3) is 5.91 Å². The van der Waals surface area contributed by atoms with E-state index in [1.54, 1.807) is 6.07 Å². The Morgan fingerprint density at radius 1 is 1.18 bits per heavy atom. The molecule has 33 heavy (non-hydrogen) atoms. The first kappa shape index (κ1) is 22.9. The molecular formula is C23H25N3O6S. The highest BCUT2D eigenvalue weighted by molar-refractivity contribution is 8.01. The van der Waals surface area contributed by atoms with Gasteiger partial charge >= 0.3 is 5.97 Å². The highest BCUT2D eigenvalue weighted by Crippen LogP contribution is 2.50. The maximum atomic E-state index is 13.3. The topological polar surface area (TPSA) is 125 Å².